The van der Waals surface area contributed by atoms with Crippen molar-refractivity contribution in [3.05, 3.63) is 155 Å². The lowest BCUT2D eigenvalue weighted by molar-refractivity contribution is 0.0992. The van der Waals surface area contributed by atoms with Crippen molar-refractivity contribution >= 4 is 84.6 Å². The van der Waals surface area contributed by atoms with Gasteiger partial charge in [0.2, 0.25) is 0 Å². The Hall–Kier alpha value is -10.3. The zero-order valence-electron chi connectivity index (χ0n) is 43.2. The standard InChI is InChI=1S/C19H19N3O4.C19H19N3O3.C18H14F3N3O3/c1-10-4-5-13(15(23)6-10)22-18-11-7-16(25-2)17(26-3)8-14(11)21-9-12(18)19(20)24;1-11-5-4-6-12(7-11)22-18-13-8-16(24-2)17(25-3)9-15(13)21-10-14(18)19(20)23;1-26-13-5-8-12(6-14(13)27-2)23-7-9(18(22)25)17(8)24-11-4-3-10(19)15(20)16(11)21/h4-9,23H,1-3H3,(H2,20,24)(H,21,22);4-10H,1-3H3,(H2,20,23)(H,21,22);3-7H,1-2H3,(H2,22,25)(H,23,24). The van der Waals surface area contributed by atoms with Crippen molar-refractivity contribution < 1.29 is 61.1 Å². The largest absolute Gasteiger partial charge is 0.506 e. The van der Waals surface area contributed by atoms with E-state index in [1.54, 1.807) is 56.7 Å². The minimum Gasteiger partial charge on any atom is -0.506 e. The first-order valence-electron chi connectivity index (χ1n) is 23.2. The van der Waals surface area contributed by atoms with Gasteiger partial charge in [0.05, 0.1) is 104 Å². The van der Waals surface area contributed by atoms with E-state index < -0.39 is 35.2 Å². The van der Waals surface area contributed by atoms with Crippen LogP contribution < -0.4 is 61.6 Å². The van der Waals surface area contributed by atoms with Gasteiger partial charge in [-0.15, -0.1) is 0 Å². The second-order valence-electron chi connectivity index (χ2n) is 16.9. The number of hydrogen-bond acceptors (Lipinski definition) is 16. The number of amides is 3. The molecule has 402 valence electrons. The Morgan fingerprint density at radius 3 is 1.22 bits per heavy atom. The summed E-state index contributed by atoms with van der Waals surface area (Å²) in [6.45, 7) is 3.87. The highest BCUT2D eigenvalue weighted by atomic mass is 19.2. The Kier molecular flexibility index (Phi) is 17.0. The molecule has 9 rings (SSSR count). The molecule has 0 aliphatic rings. The number of carbonyl (C=O) groups is 3. The number of phenolic OH excluding ortho intramolecular Hbond substituents is 1. The number of fused-ring (bicyclic) bond motifs is 3. The zero-order valence-corrected chi connectivity index (χ0v) is 43.2. The lowest BCUT2D eigenvalue weighted by Gasteiger charge is -2.16. The van der Waals surface area contributed by atoms with Crippen LogP contribution in [-0.4, -0.2) is 80.4 Å². The summed E-state index contributed by atoms with van der Waals surface area (Å²) in [7, 11) is 9.03. The average molecular weight is 1070 g/mol. The number of benzene rings is 6. The number of anilines is 6. The van der Waals surface area contributed by atoms with Crippen LogP contribution >= 0.6 is 0 Å². The van der Waals surface area contributed by atoms with Crippen molar-refractivity contribution in [2.45, 2.75) is 13.8 Å². The summed E-state index contributed by atoms with van der Waals surface area (Å²) in [6.07, 6.45) is 4.05. The second-order valence-corrected chi connectivity index (χ2v) is 16.9. The monoisotopic (exact) mass is 1070 g/mol. The molecule has 0 saturated carbocycles. The van der Waals surface area contributed by atoms with Crippen LogP contribution in [0.15, 0.2) is 110 Å². The Morgan fingerprint density at radius 2 is 0.833 bits per heavy atom. The molecule has 0 atom stereocenters. The molecule has 22 heteroatoms. The molecule has 0 aliphatic carbocycles. The van der Waals surface area contributed by atoms with Crippen LogP contribution in [0, 0.1) is 31.3 Å². The molecule has 0 fully saturated rings. The number of nitrogens with two attached hydrogens (primary N) is 3. The number of hydrogen-bond donors (Lipinski definition) is 7. The molecule has 0 saturated heterocycles. The van der Waals surface area contributed by atoms with Crippen LogP contribution in [-0.2, 0) is 0 Å². The van der Waals surface area contributed by atoms with E-state index in [0.29, 0.717) is 84.4 Å². The fourth-order valence-corrected chi connectivity index (χ4v) is 8.03. The van der Waals surface area contributed by atoms with Gasteiger partial charge in [-0.1, -0.05) is 18.2 Å². The third-order valence-corrected chi connectivity index (χ3v) is 11.9. The van der Waals surface area contributed by atoms with Crippen molar-refractivity contribution in [2.75, 3.05) is 58.6 Å². The van der Waals surface area contributed by atoms with Crippen LogP contribution in [0.25, 0.3) is 32.7 Å². The molecule has 19 nitrogen and oxygen atoms in total. The molecule has 0 aliphatic heterocycles. The van der Waals surface area contributed by atoms with E-state index in [0.717, 1.165) is 34.3 Å². The van der Waals surface area contributed by atoms with E-state index in [4.69, 9.17) is 45.6 Å². The zero-order chi connectivity index (χ0) is 56.5. The van der Waals surface area contributed by atoms with Crippen molar-refractivity contribution in [3.8, 4) is 40.2 Å². The third kappa shape index (κ3) is 11.8. The first-order valence-corrected chi connectivity index (χ1v) is 23.2. The molecule has 0 radical (unpaired) electrons. The number of aromatic nitrogens is 3. The van der Waals surface area contributed by atoms with E-state index in [1.807, 2.05) is 44.2 Å². The Bertz CT molecular complexity index is 3790. The molecule has 9 aromatic rings. The van der Waals surface area contributed by atoms with E-state index >= 15 is 0 Å². The number of nitrogens with zero attached hydrogens (tertiary/aromatic N) is 3. The number of methoxy groups -OCH3 is 6. The van der Waals surface area contributed by atoms with Crippen LogP contribution in [0.4, 0.5) is 47.3 Å². The Labute approximate surface area is 444 Å². The molecule has 3 amide bonds. The van der Waals surface area contributed by atoms with Crippen LogP contribution in [0.5, 0.6) is 40.2 Å². The van der Waals surface area contributed by atoms with Crippen molar-refractivity contribution in [1.29, 1.82) is 0 Å². The van der Waals surface area contributed by atoms with Crippen molar-refractivity contribution in [3.63, 3.8) is 0 Å². The van der Waals surface area contributed by atoms with Gasteiger partial charge in [-0.25, -0.2) is 13.2 Å². The maximum atomic E-state index is 14.1. The number of carbonyl (C=O) groups excluding carboxylic acids is 3. The smallest absolute Gasteiger partial charge is 0.252 e. The summed E-state index contributed by atoms with van der Waals surface area (Å²) in [5.41, 5.74) is 22.5. The number of aromatic hydroxyl groups is 1. The minimum atomic E-state index is -1.64. The molecule has 10 N–H and O–H groups in total. The van der Waals surface area contributed by atoms with Gasteiger partial charge in [-0.2, -0.15) is 0 Å². The first-order chi connectivity index (χ1) is 37.3. The van der Waals surface area contributed by atoms with Gasteiger partial charge in [-0.05, 0) is 79.6 Å². The number of rotatable bonds is 15. The number of aryl methyl sites for hydroxylation is 2. The predicted octanol–water partition coefficient (Wildman–Crippen LogP) is 10.0. The Morgan fingerprint density at radius 1 is 0.462 bits per heavy atom. The number of halogens is 3. The highest BCUT2D eigenvalue weighted by molar-refractivity contribution is 6.10. The highest BCUT2D eigenvalue weighted by Crippen LogP contribution is 2.41. The SMILES string of the molecule is COc1cc2ncc(C(N)=O)c(Nc3ccc(C)cc3O)c2cc1OC.COc1cc2ncc(C(N)=O)c(Nc3ccc(F)c(F)c3F)c2cc1OC.COc1cc2ncc(C(N)=O)c(Nc3cccc(C)c3)c2cc1OC. The van der Waals surface area contributed by atoms with Gasteiger partial charge in [0.25, 0.3) is 17.7 Å². The number of nitrogens with one attached hydrogen (secondary N) is 3. The quantitative estimate of drug-likeness (QED) is 0.0371. The normalized spacial score (nSPS) is 10.6. The van der Waals surface area contributed by atoms with Gasteiger partial charge < -0.3 is 66.7 Å². The van der Waals surface area contributed by atoms with E-state index in [-0.39, 0.29) is 28.3 Å². The number of primary amides is 3. The molecular formula is C56H52F3N9O10. The Balaban J connectivity index is 0.000000170. The fourth-order valence-electron chi connectivity index (χ4n) is 8.03. The van der Waals surface area contributed by atoms with Crippen LogP contribution in [0.3, 0.4) is 0 Å². The van der Waals surface area contributed by atoms with E-state index in [2.05, 4.69) is 30.9 Å². The lowest BCUT2D eigenvalue weighted by Crippen LogP contribution is -2.14. The fraction of sp³-hybridized carbons (Fsp3) is 0.143. The molecule has 6 aromatic carbocycles. The molecule has 0 unspecified atom stereocenters. The van der Waals surface area contributed by atoms with Crippen molar-refractivity contribution in [2.24, 2.45) is 17.2 Å². The highest BCUT2D eigenvalue weighted by Gasteiger charge is 2.22. The first kappa shape index (κ1) is 55.5. The molecule has 78 heavy (non-hydrogen) atoms. The van der Waals surface area contributed by atoms with Crippen molar-refractivity contribution in [1.82, 2.24) is 15.0 Å². The van der Waals surface area contributed by atoms with Gasteiger partial charge in [0.1, 0.15) is 5.75 Å². The summed E-state index contributed by atoms with van der Waals surface area (Å²) in [4.78, 5) is 48.3. The van der Waals surface area contributed by atoms with Crippen LogP contribution in [0.1, 0.15) is 42.2 Å². The number of ether oxygens (including phenoxy) is 6. The molecular weight excluding hydrogens is 1020 g/mol. The summed E-state index contributed by atoms with van der Waals surface area (Å²) < 4.78 is 72.6. The van der Waals surface area contributed by atoms with Gasteiger partial charge in [-0.3, -0.25) is 29.3 Å². The summed E-state index contributed by atoms with van der Waals surface area (Å²) in [6, 6.07) is 24.8. The minimum absolute atomic E-state index is 0.0610. The topological polar surface area (TPSA) is 280 Å². The lowest BCUT2D eigenvalue weighted by atomic mass is 10.1. The van der Waals surface area contributed by atoms with E-state index in [9.17, 15) is 32.7 Å². The average Bonchev–Trinajstić information content (AvgIpc) is 3.53. The summed E-state index contributed by atoms with van der Waals surface area (Å²) >= 11 is 0. The van der Waals surface area contributed by atoms with Crippen LogP contribution in [0.2, 0.25) is 0 Å². The second kappa shape index (κ2) is 24.0. The molecule has 3 aromatic heterocycles. The molecule has 0 bridgehead atoms. The summed E-state index contributed by atoms with van der Waals surface area (Å²) in [5, 5.41) is 20.9. The third-order valence-electron chi connectivity index (χ3n) is 11.9. The molecule has 3 heterocycles. The van der Waals surface area contributed by atoms with Gasteiger partial charge in [0.15, 0.2) is 51.9 Å². The summed E-state index contributed by atoms with van der Waals surface area (Å²) in [5.74, 6) is -3.56. The van der Waals surface area contributed by atoms with Gasteiger partial charge >= 0.3 is 0 Å². The molecule has 0 spiro atoms. The maximum Gasteiger partial charge on any atom is 0.252 e. The van der Waals surface area contributed by atoms with Gasteiger partial charge in [0, 0.05) is 58.6 Å². The van der Waals surface area contributed by atoms with E-state index in [1.165, 1.54) is 53.1 Å². The maximum absolute atomic E-state index is 14.1. The predicted molar refractivity (Wildman–Crippen MR) is 290 cm³/mol. The number of phenols is 1. The number of pyridine rings is 3.